The molecule has 7 heteroatoms. The van der Waals surface area contributed by atoms with Crippen molar-refractivity contribution in [3.63, 3.8) is 0 Å². The third-order valence-corrected chi connectivity index (χ3v) is 3.68. The van der Waals surface area contributed by atoms with Crippen LogP contribution in [0.3, 0.4) is 0 Å². The molecule has 0 saturated heterocycles. The Balaban J connectivity index is 1.95. The molecule has 0 aromatic heterocycles. The molecular formula is C17H11F3N2O2. The monoisotopic (exact) mass is 332 g/mol. The molecule has 0 saturated carbocycles. The Morgan fingerprint density at radius 2 is 1.83 bits per heavy atom. The third-order valence-electron chi connectivity index (χ3n) is 3.68. The number of carbonyl (C=O) groups excluding carboxylic acids is 1. The molecule has 2 aromatic rings. The van der Waals surface area contributed by atoms with Gasteiger partial charge in [-0.15, -0.1) is 13.2 Å². The van der Waals surface area contributed by atoms with E-state index in [0.29, 0.717) is 16.8 Å². The number of rotatable bonds is 2. The molecule has 1 heterocycles. The van der Waals surface area contributed by atoms with Crippen LogP contribution in [0.25, 0.3) is 0 Å². The second-order valence-corrected chi connectivity index (χ2v) is 5.34. The minimum atomic E-state index is -4.78. The van der Waals surface area contributed by atoms with Gasteiger partial charge in [-0.1, -0.05) is 17.7 Å². The molecule has 2 aromatic carbocycles. The lowest BCUT2D eigenvalue weighted by Crippen LogP contribution is -2.26. The van der Waals surface area contributed by atoms with Crippen LogP contribution < -0.4 is 9.64 Å². The van der Waals surface area contributed by atoms with E-state index in [1.165, 1.54) is 17.0 Å². The van der Waals surface area contributed by atoms with Crippen LogP contribution in [0, 0.1) is 18.3 Å². The molecule has 1 unspecified atom stereocenters. The lowest BCUT2D eigenvalue weighted by molar-refractivity contribution is -0.274. The lowest BCUT2D eigenvalue weighted by Gasteiger charge is -2.20. The lowest BCUT2D eigenvalue weighted by atomic mass is 10.0. The van der Waals surface area contributed by atoms with E-state index in [9.17, 15) is 23.2 Å². The fourth-order valence-electron chi connectivity index (χ4n) is 2.69. The van der Waals surface area contributed by atoms with E-state index >= 15 is 0 Å². The highest BCUT2D eigenvalue weighted by Gasteiger charge is 2.38. The summed E-state index contributed by atoms with van der Waals surface area (Å²) >= 11 is 0. The number of halogens is 3. The third kappa shape index (κ3) is 2.78. The number of amides is 1. The maximum absolute atomic E-state index is 12.6. The van der Waals surface area contributed by atoms with E-state index in [0.717, 1.165) is 17.7 Å². The van der Waals surface area contributed by atoms with Crippen LogP contribution in [-0.2, 0) is 0 Å². The molecular weight excluding hydrogens is 321 g/mol. The smallest absolute Gasteiger partial charge is 0.406 e. The van der Waals surface area contributed by atoms with Gasteiger partial charge in [-0.2, -0.15) is 5.26 Å². The van der Waals surface area contributed by atoms with Crippen LogP contribution in [-0.4, -0.2) is 12.3 Å². The molecule has 122 valence electrons. The normalized spacial score (nSPS) is 16.7. The largest absolute Gasteiger partial charge is 0.573 e. The highest BCUT2D eigenvalue weighted by atomic mass is 19.4. The van der Waals surface area contributed by atoms with E-state index < -0.39 is 12.4 Å². The average Bonchev–Trinajstić information content (AvgIpc) is 2.78. The number of nitrogens with zero attached hydrogens (tertiary/aromatic N) is 2. The number of alkyl halides is 3. The van der Waals surface area contributed by atoms with E-state index in [2.05, 4.69) is 10.8 Å². The van der Waals surface area contributed by atoms with Crippen LogP contribution in [0.1, 0.15) is 27.5 Å². The number of aryl methyl sites for hydroxylation is 1. The summed E-state index contributed by atoms with van der Waals surface area (Å²) in [5.41, 5.74) is 2.26. The van der Waals surface area contributed by atoms with Crippen molar-refractivity contribution >= 4 is 11.6 Å². The number of fused-ring (bicyclic) bond motifs is 1. The Morgan fingerprint density at radius 3 is 2.42 bits per heavy atom. The van der Waals surface area contributed by atoms with Gasteiger partial charge in [0, 0.05) is 16.8 Å². The summed E-state index contributed by atoms with van der Waals surface area (Å²) in [6.07, 6.45) is -4.78. The molecule has 1 atom stereocenters. The van der Waals surface area contributed by atoms with Crippen molar-refractivity contribution in [1.82, 2.24) is 0 Å². The maximum atomic E-state index is 12.6. The van der Waals surface area contributed by atoms with Crippen molar-refractivity contribution in [2.24, 2.45) is 0 Å². The minimum absolute atomic E-state index is 0.329. The van der Waals surface area contributed by atoms with Crippen molar-refractivity contribution in [2.75, 3.05) is 4.90 Å². The topological polar surface area (TPSA) is 53.3 Å². The van der Waals surface area contributed by atoms with Crippen molar-refractivity contribution in [3.8, 4) is 11.8 Å². The second-order valence-electron chi connectivity index (χ2n) is 5.34. The molecule has 0 fully saturated rings. The molecule has 1 aliphatic rings. The molecule has 0 radical (unpaired) electrons. The zero-order valence-electron chi connectivity index (χ0n) is 12.5. The molecule has 3 rings (SSSR count). The number of nitriles is 1. The Bertz CT molecular complexity index is 838. The average molecular weight is 332 g/mol. The first kappa shape index (κ1) is 15.9. The van der Waals surface area contributed by atoms with Gasteiger partial charge in [-0.3, -0.25) is 9.69 Å². The van der Waals surface area contributed by atoms with Gasteiger partial charge in [0.15, 0.2) is 6.04 Å². The van der Waals surface area contributed by atoms with Crippen LogP contribution in [0.4, 0.5) is 18.9 Å². The summed E-state index contributed by atoms with van der Waals surface area (Å²) in [5, 5.41) is 9.44. The molecule has 24 heavy (non-hydrogen) atoms. The first-order valence-electron chi connectivity index (χ1n) is 7.00. The van der Waals surface area contributed by atoms with Gasteiger partial charge < -0.3 is 4.74 Å². The highest BCUT2D eigenvalue weighted by Crippen LogP contribution is 2.38. The number of hydrogen-bond acceptors (Lipinski definition) is 3. The van der Waals surface area contributed by atoms with Gasteiger partial charge in [0.25, 0.3) is 5.91 Å². The Morgan fingerprint density at radius 1 is 1.17 bits per heavy atom. The summed E-state index contributed by atoms with van der Waals surface area (Å²) in [6, 6.07) is 11.3. The van der Waals surface area contributed by atoms with Gasteiger partial charge in [-0.25, -0.2) is 0 Å². The highest BCUT2D eigenvalue weighted by molar-refractivity contribution is 6.11. The Hall–Kier alpha value is -3.01. The maximum Gasteiger partial charge on any atom is 0.573 e. The van der Waals surface area contributed by atoms with Gasteiger partial charge in [-0.05, 0) is 37.3 Å². The fourth-order valence-corrected chi connectivity index (χ4v) is 2.69. The standard InChI is InChI=1S/C17H11F3N2O2/c1-10-2-7-13-14(8-10)15(9-21)22(16(13)23)11-3-5-12(6-4-11)24-17(18,19)20/h2-8,15H,1H3. The zero-order chi connectivity index (χ0) is 17.5. The second kappa shape index (κ2) is 5.57. The van der Waals surface area contributed by atoms with Gasteiger partial charge in [0.2, 0.25) is 0 Å². The fraction of sp³-hybridized carbons (Fsp3) is 0.176. The number of hydrogen-bond donors (Lipinski definition) is 0. The van der Waals surface area contributed by atoms with Crippen LogP contribution in [0.15, 0.2) is 42.5 Å². The van der Waals surface area contributed by atoms with Crippen molar-refractivity contribution in [1.29, 1.82) is 5.26 Å². The Kier molecular flexibility index (Phi) is 3.68. The van der Waals surface area contributed by atoms with Crippen molar-refractivity contribution in [3.05, 3.63) is 59.2 Å². The first-order valence-corrected chi connectivity index (χ1v) is 7.00. The number of carbonyl (C=O) groups is 1. The summed E-state index contributed by atoms with van der Waals surface area (Å²) in [5.74, 6) is -0.749. The molecule has 0 N–H and O–H groups in total. The summed E-state index contributed by atoms with van der Waals surface area (Å²) in [4.78, 5) is 13.8. The van der Waals surface area contributed by atoms with Crippen LogP contribution in [0.5, 0.6) is 5.75 Å². The number of ether oxygens (including phenoxy) is 1. The molecule has 4 nitrogen and oxygen atoms in total. The van der Waals surface area contributed by atoms with E-state index in [4.69, 9.17) is 0 Å². The van der Waals surface area contributed by atoms with Crippen molar-refractivity contribution in [2.45, 2.75) is 19.3 Å². The zero-order valence-corrected chi connectivity index (χ0v) is 12.5. The quantitative estimate of drug-likeness (QED) is 0.831. The van der Waals surface area contributed by atoms with E-state index in [1.54, 1.807) is 18.2 Å². The summed E-state index contributed by atoms with van der Waals surface area (Å²) < 4.78 is 40.4. The Labute approximate surface area is 135 Å². The van der Waals surface area contributed by atoms with Crippen LogP contribution in [0.2, 0.25) is 0 Å². The predicted molar refractivity (Wildman–Crippen MR) is 79.5 cm³/mol. The van der Waals surface area contributed by atoms with E-state index in [-0.39, 0.29) is 11.7 Å². The number of benzene rings is 2. The summed E-state index contributed by atoms with van der Waals surface area (Å²) in [7, 11) is 0. The van der Waals surface area contributed by atoms with Gasteiger partial charge >= 0.3 is 6.36 Å². The molecule has 1 aliphatic heterocycles. The number of anilines is 1. The predicted octanol–water partition coefficient (Wildman–Crippen LogP) is 4.12. The van der Waals surface area contributed by atoms with E-state index in [1.807, 2.05) is 6.92 Å². The molecule has 0 bridgehead atoms. The minimum Gasteiger partial charge on any atom is -0.406 e. The summed E-state index contributed by atoms with van der Waals surface area (Å²) in [6.45, 7) is 1.85. The molecule has 0 aliphatic carbocycles. The molecule has 0 spiro atoms. The van der Waals surface area contributed by atoms with Crippen LogP contribution >= 0.6 is 0 Å². The van der Waals surface area contributed by atoms with Crippen molar-refractivity contribution < 1.29 is 22.7 Å². The van der Waals surface area contributed by atoms with Gasteiger partial charge in [0.1, 0.15) is 5.75 Å². The SMILES string of the molecule is Cc1ccc2c(c1)C(C#N)N(c1ccc(OC(F)(F)F)cc1)C2=O. The first-order chi connectivity index (χ1) is 11.3. The molecule has 1 amide bonds. The van der Waals surface area contributed by atoms with Gasteiger partial charge in [0.05, 0.1) is 6.07 Å².